The topological polar surface area (TPSA) is 51.5 Å². The van der Waals surface area contributed by atoms with Crippen molar-refractivity contribution >= 4 is 17.6 Å². The average Bonchev–Trinajstić information content (AvgIpc) is 3.19. The number of benzene rings is 2. The van der Waals surface area contributed by atoms with Crippen molar-refractivity contribution in [3.63, 3.8) is 0 Å². The molecule has 0 saturated heterocycles. The second-order valence-corrected chi connectivity index (χ2v) is 6.44. The molecule has 1 aromatic heterocycles. The van der Waals surface area contributed by atoms with Crippen LogP contribution >= 0.6 is 0 Å². The average molecular weight is 361 g/mol. The molecular weight excluding hydrogens is 338 g/mol. The van der Waals surface area contributed by atoms with E-state index >= 15 is 0 Å². The number of carbonyl (C=O) groups is 1. The Kier molecular flexibility index (Phi) is 6.10. The number of amides is 1. The van der Waals surface area contributed by atoms with Crippen LogP contribution in [0.3, 0.4) is 0 Å². The van der Waals surface area contributed by atoms with Gasteiger partial charge in [0.25, 0.3) is 5.91 Å². The van der Waals surface area contributed by atoms with Gasteiger partial charge in [-0.15, -0.1) is 0 Å². The highest BCUT2D eigenvalue weighted by Gasteiger charge is 2.15. The molecule has 4 heteroatoms. The van der Waals surface area contributed by atoms with Crippen LogP contribution in [-0.2, 0) is 4.79 Å². The highest BCUT2D eigenvalue weighted by atomic mass is 16.5. The molecule has 0 fully saturated rings. The second-order valence-electron chi connectivity index (χ2n) is 6.44. The Bertz CT molecular complexity index is 881. The van der Waals surface area contributed by atoms with Gasteiger partial charge in [0.2, 0.25) is 0 Å². The highest BCUT2D eigenvalue weighted by molar-refractivity contribution is 6.24. The lowest BCUT2D eigenvalue weighted by Crippen LogP contribution is -2.37. The van der Waals surface area contributed by atoms with Gasteiger partial charge in [-0.2, -0.15) is 0 Å². The zero-order valence-corrected chi connectivity index (χ0v) is 15.5. The number of rotatable bonds is 7. The fourth-order valence-electron chi connectivity index (χ4n) is 2.61. The van der Waals surface area contributed by atoms with Crippen LogP contribution < -0.4 is 10.1 Å². The molecule has 1 N–H and O–H groups in total. The Balaban J connectivity index is 1.68. The normalized spacial score (nSPS) is 12.4. The predicted octanol–water partition coefficient (Wildman–Crippen LogP) is 4.71. The molecule has 0 radical (unpaired) electrons. The first-order chi connectivity index (χ1) is 13.1. The van der Waals surface area contributed by atoms with E-state index in [1.54, 1.807) is 18.4 Å². The number of hydrogen-bond acceptors (Lipinski definition) is 3. The summed E-state index contributed by atoms with van der Waals surface area (Å²) >= 11 is 0. The summed E-state index contributed by atoms with van der Waals surface area (Å²) in [5, 5.41) is 3.00. The summed E-state index contributed by atoms with van der Waals surface area (Å²) in [5.41, 5.74) is 2.56. The zero-order valence-electron chi connectivity index (χ0n) is 15.5. The molecule has 3 aromatic rings. The minimum absolute atomic E-state index is 0.150. The van der Waals surface area contributed by atoms with Crippen molar-refractivity contribution in [2.24, 2.45) is 0 Å². The third-order valence-electron chi connectivity index (χ3n) is 4.06. The first-order valence-electron chi connectivity index (χ1n) is 8.93. The Morgan fingerprint density at radius 1 is 1.07 bits per heavy atom. The van der Waals surface area contributed by atoms with Crippen LogP contribution in [0.15, 0.2) is 77.4 Å². The molecule has 138 valence electrons. The predicted molar refractivity (Wildman–Crippen MR) is 107 cm³/mol. The van der Waals surface area contributed by atoms with E-state index < -0.39 is 0 Å². The number of carbonyl (C=O) groups excluding carboxylic acids is 1. The SMILES string of the molecule is Cc1ccc(OC[C@@H](C)NC(=O)/C(=C/c2ccco2)c2ccccc2)cc1. The van der Waals surface area contributed by atoms with Crippen molar-refractivity contribution in [3.05, 3.63) is 89.9 Å². The Hall–Kier alpha value is -3.27. The van der Waals surface area contributed by atoms with Crippen molar-refractivity contribution in [2.75, 3.05) is 6.61 Å². The summed E-state index contributed by atoms with van der Waals surface area (Å²) < 4.78 is 11.1. The summed E-state index contributed by atoms with van der Waals surface area (Å²) in [4.78, 5) is 12.9. The van der Waals surface area contributed by atoms with Gasteiger partial charge in [0.15, 0.2) is 0 Å². The maximum absolute atomic E-state index is 12.9. The van der Waals surface area contributed by atoms with Gasteiger partial charge in [-0.3, -0.25) is 4.79 Å². The Labute approximate surface area is 159 Å². The van der Waals surface area contributed by atoms with Gasteiger partial charge in [0, 0.05) is 0 Å². The van der Waals surface area contributed by atoms with E-state index in [-0.39, 0.29) is 11.9 Å². The molecule has 2 aromatic carbocycles. The molecule has 0 aliphatic heterocycles. The molecule has 0 spiro atoms. The lowest BCUT2D eigenvalue weighted by molar-refractivity contribution is -0.116. The van der Waals surface area contributed by atoms with Gasteiger partial charge in [-0.1, -0.05) is 48.0 Å². The highest BCUT2D eigenvalue weighted by Crippen LogP contribution is 2.19. The molecule has 0 bridgehead atoms. The van der Waals surface area contributed by atoms with Crippen molar-refractivity contribution in [3.8, 4) is 5.75 Å². The van der Waals surface area contributed by atoms with E-state index in [0.717, 1.165) is 11.3 Å². The maximum Gasteiger partial charge on any atom is 0.252 e. The largest absolute Gasteiger partial charge is 0.491 e. The van der Waals surface area contributed by atoms with Crippen LogP contribution in [0, 0.1) is 6.92 Å². The van der Waals surface area contributed by atoms with Crippen LogP contribution in [0.1, 0.15) is 23.8 Å². The zero-order chi connectivity index (χ0) is 19.1. The maximum atomic E-state index is 12.9. The van der Waals surface area contributed by atoms with Gasteiger partial charge in [0.1, 0.15) is 18.1 Å². The molecule has 3 rings (SSSR count). The van der Waals surface area contributed by atoms with Gasteiger partial charge in [0.05, 0.1) is 17.9 Å². The standard InChI is InChI=1S/C23H23NO3/c1-17-10-12-20(13-11-17)27-16-18(2)24-23(25)22(15-21-9-6-14-26-21)19-7-4-3-5-8-19/h3-15,18H,16H2,1-2H3,(H,24,25)/b22-15+/t18-/m1/s1. The van der Waals surface area contributed by atoms with E-state index in [0.29, 0.717) is 17.9 Å². The van der Waals surface area contributed by atoms with E-state index in [2.05, 4.69) is 5.32 Å². The van der Waals surface area contributed by atoms with E-state index in [1.807, 2.05) is 74.5 Å². The van der Waals surface area contributed by atoms with Crippen molar-refractivity contribution in [1.29, 1.82) is 0 Å². The van der Waals surface area contributed by atoms with Gasteiger partial charge < -0.3 is 14.5 Å². The van der Waals surface area contributed by atoms with Crippen molar-refractivity contribution < 1.29 is 13.9 Å². The summed E-state index contributed by atoms with van der Waals surface area (Å²) in [6, 6.07) is 20.9. The minimum Gasteiger partial charge on any atom is -0.491 e. The Morgan fingerprint density at radius 3 is 2.48 bits per heavy atom. The van der Waals surface area contributed by atoms with Crippen LogP contribution in [0.25, 0.3) is 11.6 Å². The molecule has 0 aliphatic carbocycles. The lowest BCUT2D eigenvalue weighted by atomic mass is 10.0. The number of ether oxygens (including phenoxy) is 1. The second kappa shape index (κ2) is 8.90. The quantitative estimate of drug-likeness (QED) is 0.620. The molecule has 0 unspecified atom stereocenters. The molecule has 4 nitrogen and oxygen atoms in total. The van der Waals surface area contributed by atoms with Crippen LogP contribution in [0.2, 0.25) is 0 Å². The van der Waals surface area contributed by atoms with Crippen LogP contribution in [-0.4, -0.2) is 18.6 Å². The number of nitrogens with one attached hydrogen (secondary N) is 1. The summed E-state index contributed by atoms with van der Waals surface area (Å²) in [5.74, 6) is 1.25. The lowest BCUT2D eigenvalue weighted by Gasteiger charge is -2.16. The fraction of sp³-hybridized carbons (Fsp3) is 0.174. The third kappa shape index (κ3) is 5.35. The molecule has 1 atom stereocenters. The van der Waals surface area contributed by atoms with E-state index in [1.165, 1.54) is 5.56 Å². The summed E-state index contributed by atoms with van der Waals surface area (Å²) in [6.45, 7) is 4.34. The molecule has 27 heavy (non-hydrogen) atoms. The minimum atomic E-state index is -0.169. The first kappa shape index (κ1) is 18.5. The van der Waals surface area contributed by atoms with Gasteiger partial charge >= 0.3 is 0 Å². The van der Waals surface area contributed by atoms with Gasteiger partial charge in [-0.25, -0.2) is 0 Å². The van der Waals surface area contributed by atoms with Crippen molar-refractivity contribution in [1.82, 2.24) is 5.32 Å². The van der Waals surface area contributed by atoms with Crippen LogP contribution in [0.4, 0.5) is 0 Å². The smallest absolute Gasteiger partial charge is 0.252 e. The van der Waals surface area contributed by atoms with Crippen molar-refractivity contribution in [2.45, 2.75) is 19.9 Å². The molecular formula is C23H23NO3. The van der Waals surface area contributed by atoms with E-state index in [4.69, 9.17) is 9.15 Å². The number of aryl methyl sites for hydroxylation is 1. The van der Waals surface area contributed by atoms with Gasteiger partial charge in [-0.05, 0) is 49.8 Å². The first-order valence-corrected chi connectivity index (χ1v) is 8.93. The Morgan fingerprint density at radius 2 is 1.81 bits per heavy atom. The molecule has 0 saturated carbocycles. The van der Waals surface area contributed by atoms with Crippen LogP contribution in [0.5, 0.6) is 5.75 Å². The molecule has 0 aliphatic rings. The number of furan rings is 1. The summed E-state index contributed by atoms with van der Waals surface area (Å²) in [6.07, 6.45) is 3.34. The molecule has 1 heterocycles. The fourth-order valence-corrected chi connectivity index (χ4v) is 2.61. The van der Waals surface area contributed by atoms with E-state index in [9.17, 15) is 4.79 Å². The molecule has 1 amide bonds. The summed E-state index contributed by atoms with van der Waals surface area (Å²) in [7, 11) is 0. The number of hydrogen-bond donors (Lipinski definition) is 1. The third-order valence-corrected chi connectivity index (χ3v) is 4.06. The monoisotopic (exact) mass is 361 g/mol.